The minimum Gasteiger partial charge on any atom is -0.468 e. The van der Waals surface area contributed by atoms with Gasteiger partial charge in [0.2, 0.25) is 0 Å². The smallest absolute Gasteiger partial charge is 0.321 e. The van der Waals surface area contributed by atoms with Gasteiger partial charge in [0.05, 0.1) is 13.2 Å². The molecule has 0 unspecified atom stereocenters. The number of hydrogen-bond acceptors (Lipinski definition) is 3. The molecular weight excluding hydrogens is 359 g/mol. The Morgan fingerprint density at radius 3 is 2.22 bits per heavy atom. The molecule has 18 heavy (non-hydrogen) atoms. The monoisotopic (exact) mass is 378 g/mol. The molecule has 0 bridgehead atoms. The maximum absolute atomic E-state index is 11.7. The molecule has 0 saturated heterocycles. The number of rotatable bonds is 5. The zero-order valence-corrected chi connectivity index (χ0v) is 14.3. The van der Waals surface area contributed by atoms with Gasteiger partial charge >= 0.3 is 5.97 Å². The molecule has 0 aliphatic heterocycles. The van der Waals surface area contributed by atoms with Crippen LogP contribution >= 0.6 is 22.6 Å². The van der Waals surface area contributed by atoms with Crippen LogP contribution in [-0.2, 0) is 14.0 Å². The van der Waals surface area contributed by atoms with E-state index in [1.807, 2.05) is 30.3 Å². The minimum atomic E-state index is -1.74. The Morgan fingerprint density at radius 1 is 1.22 bits per heavy atom. The first kappa shape index (κ1) is 15.7. The van der Waals surface area contributed by atoms with Crippen LogP contribution in [0.2, 0.25) is 19.6 Å². The Kier molecular flexibility index (Phi) is 5.80. The molecule has 0 heterocycles. The van der Waals surface area contributed by atoms with Crippen molar-refractivity contribution >= 4 is 36.9 Å². The van der Waals surface area contributed by atoms with Crippen molar-refractivity contribution < 1.29 is 14.0 Å². The lowest BCUT2D eigenvalue weighted by Crippen LogP contribution is -2.34. The number of esters is 1. The van der Waals surface area contributed by atoms with Crippen LogP contribution in [-0.4, -0.2) is 25.3 Å². The zero-order valence-electron chi connectivity index (χ0n) is 11.1. The van der Waals surface area contributed by atoms with Gasteiger partial charge in [-0.2, -0.15) is 0 Å². The summed E-state index contributed by atoms with van der Waals surface area (Å²) in [5.74, 6) is -0.247. The standard InChI is InChI=1S/C13H19IO3Si/c1-16-13(15)11(14)12(17-18(2,3)4)10-8-6-5-7-9-10/h5-9,11-12H,1-4H3/t11-,12-/m0/s1. The van der Waals surface area contributed by atoms with Gasteiger partial charge in [-0.25, -0.2) is 0 Å². The predicted octanol–water partition coefficient (Wildman–Crippen LogP) is 3.56. The highest BCUT2D eigenvalue weighted by molar-refractivity contribution is 14.1. The molecule has 5 heteroatoms. The molecule has 1 rings (SSSR count). The quantitative estimate of drug-likeness (QED) is 0.340. The summed E-state index contributed by atoms with van der Waals surface area (Å²) in [6.07, 6.45) is -0.245. The molecule has 0 aromatic heterocycles. The number of benzene rings is 1. The van der Waals surface area contributed by atoms with Gasteiger partial charge < -0.3 is 9.16 Å². The molecule has 0 radical (unpaired) electrons. The second kappa shape index (κ2) is 6.67. The third kappa shape index (κ3) is 4.70. The van der Waals surface area contributed by atoms with Gasteiger partial charge in [-0.3, -0.25) is 4.79 Å². The van der Waals surface area contributed by atoms with E-state index in [1.54, 1.807) is 0 Å². The van der Waals surface area contributed by atoms with E-state index < -0.39 is 8.32 Å². The summed E-state index contributed by atoms with van der Waals surface area (Å²) in [7, 11) is -0.330. The Balaban J connectivity index is 2.99. The van der Waals surface area contributed by atoms with E-state index >= 15 is 0 Å². The van der Waals surface area contributed by atoms with Gasteiger partial charge in [0.15, 0.2) is 8.32 Å². The number of carbonyl (C=O) groups excluding carboxylic acids is 1. The SMILES string of the molecule is COC(=O)[C@@H](I)[C@@H](O[Si](C)(C)C)c1ccccc1. The van der Waals surface area contributed by atoms with E-state index in [-0.39, 0.29) is 16.0 Å². The number of halogens is 1. The average Bonchev–Trinajstić information content (AvgIpc) is 2.34. The molecule has 0 amide bonds. The van der Waals surface area contributed by atoms with Crippen molar-refractivity contribution in [1.29, 1.82) is 0 Å². The Morgan fingerprint density at radius 2 is 1.78 bits per heavy atom. The maximum atomic E-state index is 11.7. The largest absolute Gasteiger partial charge is 0.468 e. The van der Waals surface area contributed by atoms with Crippen LogP contribution < -0.4 is 0 Å². The normalized spacial score (nSPS) is 14.9. The number of hydrogen-bond donors (Lipinski definition) is 0. The van der Waals surface area contributed by atoms with Gasteiger partial charge in [0.25, 0.3) is 0 Å². The number of carbonyl (C=O) groups is 1. The first-order valence-electron chi connectivity index (χ1n) is 5.80. The molecule has 0 saturated carbocycles. The van der Waals surface area contributed by atoms with Gasteiger partial charge in [0, 0.05) is 0 Å². The lowest BCUT2D eigenvalue weighted by atomic mass is 10.1. The lowest BCUT2D eigenvalue weighted by molar-refractivity contribution is -0.141. The zero-order chi connectivity index (χ0) is 13.8. The first-order chi connectivity index (χ1) is 8.35. The van der Waals surface area contributed by atoms with Crippen molar-refractivity contribution in [3.8, 4) is 0 Å². The Hall–Kier alpha value is -0.403. The minimum absolute atomic E-state index is 0.245. The van der Waals surface area contributed by atoms with Gasteiger partial charge in [-0.1, -0.05) is 52.9 Å². The van der Waals surface area contributed by atoms with Crippen LogP contribution in [0.1, 0.15) is 11.7 Å². The van der Waals surface area contributed by atoms with E-state index in [1.165, 1.54) is 7.11 Å². The topological polar surface area (TPSA) is 35.5 Å². The van der Waals surface area contributed by atoms with Gasteiger partial charge in [0.1, 0.15) is 3.92 Å². The number of methoxy groups -OCH3 is 1. The van der Waals surface area contributed by atoms with E-state index in [0.29, 0.717) is 0 Å². The number of ether oxygens (including phenoxy) is 1. The molecule has 0 N–H and O–H groups in total. The summed E-state index contributed by atoms with van der Waals surface area (Å²) >= 11 is 2.10. The first-order valence-corrected chi connectivity index (χ1v) is 10.4. The summed E-state index contributed by atoms with van der Waals surface area (Å²) in [5, 5.41) is 0. The van der Waals surface area contributed by atoms with Crippen molar-refractivity contribution in [2.75, 3.05) is 7.11 Å². The van der Waals surface area contributed by atoms with Gasteiger partial charge in [-0.05, 0) is 25.2 Å². The van der Waals surface area contributed by atoms with Crippen LogP contribution in [0.5, 0.6) is 0 Å². The molecule has 100 valence electrons. The Bertz CT molecular complexity index is 389. The fraction of sp³-hybridized carbons (Fsp3) is 0.462. The van der Waals surface area contributed by atoms with Crippen LogP contribution in [0.15, 0.2) is 30.3 Å². The van der Waals surface area contributed by atoms with Crippen molar-refractivity contribution in [2.45, 2.75) is 29.7 Å². The Labute approximate surface area is 123 Å². The second-order valence-electron chi connectivity index (χ2n) is 4.99. The van der Waals surface area contributed by atoms with Crippen LogP contribution in [0.4, 0.5) is 0 Å². The summed E-state index contributed by atoms with van der Waals surface area (Å²) < 4.78 is 10.6. The van der Waals surface area contributed by atoms with Crippen molar-refractivity contribution in [2.24, 2.45) is 0 Å². The second-order valence-corrected chi connectivity index (χ2v) is 10.8. The summed E-state index contributed by atoms with van der Waals surface area (Å²) in [6, 6.07) is 9.83. The summed E-state index contributed by atoms with van der Waals surface area (Å²) in [5.41, 5.74) is 1.02. The maximum Gasteiger partial charge on any atom is 0.321 e. The highest BCUT2D eigenvalue weighted by Gasteiger charge is 2.32. The van der Waals surface area contributed by atoms with E-state index in [0.717, 1.165) is 5.56 Å². The molecule has 3 nitrogen and oxygen atoms in total. The number of alkyl halides is 1. The third-order valence-corrected chi connectivity index (χ3v) is 4.42. The molecule has 2 atom stereocenters. The fourth-order valence-corrected chi connectivity index (χ4v) is 3.68. The third-order valence-electron chi connectivity index (χ3n) is 2.30. The summed E-state index contributed by atoms with van der Waals surface area (Å²) in [4.78, 5) is 11.7. The van der Waals surface area contributed by atoms with Crippen LogP contribution in [0.3, 0.4) is 0 Å². The molecule has 1 aromatic carbocycles. The molecule has 0 spiro atoms. The van der Waals surface area contributed by atoms with E-state index in [9.17, 15) is 4.79 Å². The molecule has 0 fully saturated rings. The summed E-state index contributed by atoms with van der Waals surface area (Å²) in [6.45, 7) is 6.34. The molecule has 0 aliphatic rings. The van der Waals surface area contributed by atoms with Crippen LogP contribution in [0.25, 0.3) is 0 Å². The van der Waals surface area contributed by atoms with E-state index in [4.69, 9.17) is 9.16 Å². The van der Waals surface area contributed by atoms with E-state index in [2.05, 4.69) is 42.2 Å². The van der Waals surface area contributed by atoms with Crippen molar-refractivity contribution in [3.05, 3.63) is 35.9 Å². The molecule has 0 aliphatic carbocycles. The fourth-order valence-electron chi connectivity index (χ4n) is 1.56. The van der Waals surface area contributed by atoms with Crippen molar-refractivity contribution in [1.82, 2.24) is 0 Å². The lowest BCUT2D eigenvalue weighted by Gasteiger charge is -2.29. The highest BCUT2D eigenvalue weighted by Crippen LogP contribution is 2.30. The molecular formula is C13H19IO3Si. The van der Waals surface area contributed by atoms with Gasteiger partial charge in [-0.15, -0.1) is 0 Å². The highest BCUT2D eigenvalue weighted by atomic mass is 127. The van der Waals surface area contributed by atoms with Crippen LogP contribution in [0, 0.1) is 0 Å². The predicted molar refractivity (Wildman–Crippen MR) is 83.4 cm³/mol. The van der Waals surface area contributed by atoms with Crippen molar-refractivity contribution in [3.63, 3.8) is 0 Å². The molecule has 1 aromatic rings. The average molecular weight is 378 g/mol.